The van der Waals surface area contributed by atoms with Crippen LogP contribution in [0.25, 0.3) is 0 Å². The maximum Gasteiger partial charge on any atom is 0.253 e. The van der Waals surface area contributed by atoms with Gasteiger partial charge in [-0.3, -0.25) is 4.79 Å². The van der Waals surface area contributed by atoms with Crippen LogP contribution in [0, 0.1) is 18.7 Å². The van der Waals surface area contributed by atoms with E-state index in [1.165, 1.54) is 12.1 Å². The third kappa shape index (κ3) is 3.81. The molecule has 4 heteroatoms. The van der Waals surface area contributed by atoms with Gasteiger partial charge in [0, 0.05) is 18.7 Å². The van der Waals surface area contributed by atoms with Crippen LogP contribution in [-0.2, 0) is 0 Å². The van der Waals surface area contributed by atoms with Gasteiger partial charge in [-0.05, 0) is 50.1 Å². The molecule has 100 valence electrons. The van der Waals surface area contributed by atoms with E-state index in [0.29, 0.717) is 25.2 Å². The van der Waals surface area contributed by atoms with Crippen molar-refractivity contribution in [1.82, 2.24) is 4.90 Å². The number of rotatable bonds is 5. The number of benzene rings is 1. The average molecular weight is 252 g/mol. The molecule has 0 heterocycles. The van der Waals surface area contributed by atoms with Gasteiger partial charge in [-0.1, -0.05) is 6.92 Å². The van der Waals surface area contributed by atoms with E-state index in [-0.39, 0.29) is 17.6 Å². The summed E-state index contributed by atoms with van der Waals surface area (Å²) < 4.78 is 13.3. The zero-order valence-electron chi connectivity index (χ0n) is 11.2. The number of carbonyl (C=O) groups is 1. The number of nitrogens with zero attached hydrogens (tertiary/aromatic N) is 1. The molecule has 3 nitrogen and oxygen atoms in total. The Balaban J connectivity index is 2.89. The van der Waals surface area contributed by atoms with E-state index in [0.717, 1.165) is 5.56 Å². The SMILES string of the molecule is CCN(CC(C)CN)C(=O)c1cc(C)cc(F)c1. The summed E-state index contributed by atoms with van der Waals surface area (Å²) in [4.78, 5) is 14.0. The first-order valence-electron chi connectivity index (χ1n) is 6.24. The van der Waals surface area contributed by atoms with Crippen LogP contribution in [0.15, 0.2) is 18.2 Å². The lowest BCUT2D eigenvalue weighted by atomic mass is 10.1. The summed E-state index contributed by atoms with van der Waals surface area (Å²) >= 11 is 0. The Labute approximate surface area is 108 Å². The lowest BCUT2D eigenvalue weighted by Gasteiger charge is -2.24. The first-order valence-corrected chi connectivity index (χ1v) is 6.24. The van der Waals surface area contributed by atoms with E-state index in [9.17, 15) is 9.18 Å². The molecule has 0 saturated heterocycles. The second kappa shape index (κ2) is 6.50. The normalized spacial score (nSPS) is 12.3. The molecule has 1 aromatic rings. The number of amides is 1. The van der Waals surface area contributed by atoms with Gasteiger partial charge in [0.05, 0.1) is 0 Å². The monoisotopic (exact) mass is 252 g/mol. The zero-order chi connectivity index (χ0) is 13.7. The summed E-state index contributed by atoms with van der Waals surface area (Å²) in [6.07, 6.45) is 0. The maximum atomic E-state index is 13.3. The van der Waals surface area contributed by atoms with Gasteiger partial charge < -0.3 is 10.6 Å². The molecule has 0 aliphatic heterocycles. The smallest absolute Gasteiger partial charge is 0.253 e. The molecule has 1 atom stereocenters. The highest BCUT2D eigenvalue weighted by Gasteiger charge is 2.17. The Morgan fingerprint density at radius 2 is 2.11 bits per heavy atom. The third-order valence-corrected chi connectivity index (χ3v) is 2.89. The number of carbonyl (C=O) groups excluding carboxylic acids is 1. The van der Waals surface area contributed by atoms with Gasteiger partial charge in [0.1, 0.15) is 5.82 Å². The largest absolute Gasteiger partial charge is 0.339 e. The van der Waals surface area contributed by atoms with Crippen molar-refractivity contribution in [1.29, 1.82) is 0 Å². The van der Waals surface area contributed by atoms with Crippen LogP contribution in [0.4, 0.5) is 4.39 Å². The summed E-state index contributed by atoms with van der Waals surface area (Å²) in [5, 5.41) is 0. The molecule has 0 aliphatic rings. The fourth-order valence-electron chi connectivity index (χ4n) is 1.85. The van der Waals surface area contributed by atoms with Crippen LogP contribution in [0.2, 0.25) is 0 Å². The number of hydrogen-bond donors (Lipinski definition) is 1. The molecule has 0 radical (unpaired) electrons. The highest BCUT2D eigenvalue weighted by molar-refractivity contribution is 5.94. The summed E-state index contributed by atoms with van der Waals surface area (Å²) in [6.45, 7) is 7.41. The van der Waals surface area contributed by atoms with Gasteiger partial charge in [0.2, 0.25) is 0 Å². The van der Waals surface area contributed by atoms with Gasteiger partial charge in [-0.2, -0.15) is 0 Å². The summed E-state index contributed by atoms with van der Waals surface area (Å²) in [5.74, 6) is -0.273. The third-order valence-electron chi connectivity index (χ3n) is 2.89. The Hall–Kier alpha value is -1.42. The molecule has 1 amide bonds. The van der Waals surface area contributed by atoms with E-state index in [2.05, 4.69) is 0 Å². The van der Waals surface area contributed by atoms with Crippen LogP contribution in [0.3, 0.4) is 0 Å². The predicted octanol–water partition coefficient (Wildman–Crippen LogP) is 2.19. The van der Waals surface area contributed by atoms with Gasteiger partial charge in [-0.25, -0.2) is 4.39 Å². The molecule has 0 bridgehead atoms. The van der Waals surface area contributed by atoms with Crippen molar-refractivity contribution in [3.05, 3.63) is 35.1 Å². The van der Waals surface area contributed by atoms with Crippen LogP contribution in [0.1, 0.15) is 29.8 Å². The Bertz CT molecular complexity index is 400. The number of halogens is 1. The van der Waals surface area contributed by atoms with E-state index in [4.69, 9.17) is 5.73 Å². The van der Waals surface area contributed by atoms with Crippen molar-refractivity contribution >= 4 is 5.91 Å². The first kappa shape index (κ1) is 14.6. The van der Waals surface area contributed by atoms with Crippen molar-refractivity contribution < 1.29 is 9.18 Å². The molecular formula is C14H21FN2O. The quantitative estimate of drug-likeness (QED) is 0.873. The van der Waals surface area contributed by atoms with Gasteiger partial charge in [-0.15, -0.1) is 0 Å². The predicted molar refractivity (Wildman–Crippen MR) is 70.9 cm³/mol. The van der Waals surface area contributed by atoms with Gasteiger partial charge >= 0.3 is 0 Å². The highest BCUT2D eigenvalue weighted by atomic mass is 19.1. The fourth-order valence-corrected chi connectivity index (χ4v) is 1.85. The number of hydrogen-bond acceptors (Lipinski definition) is 2. The summed E-state index contributed by atoms with van der Waals surface area (Å²) in [5.41, 5.74) is 6.72. The highest BCUT2D eigenvalue weighted by Crippen LogP contribution is 2.12. The lowest BCUT2D eigenvalue weighted by Crippen LogP contribution is -2.36. The number of nitrogens with two attached hydrogens (primary N) is 1. The molecule has 18 heavy (non-hydrogen) atoms. The molecule has 0 saturated carbocycles. The Kier molecular flexibility index (Phi) is 5.28. The molecule has 1 unspecified atom stereocenters. The average Bonchev–Trinajstić information content (AvgIpc) is 2.33. The Morgan fingerprint density at radius 3 is 2.61 bits per heavy atom. The molecule has 0 aromatic heterocycles. The van der Waals surface area contributed by atoms with Crippen LogP contribution < -0.4 is 5.73 Å². The van der Waals surface area contributed by atoms with Crippen molar-refractivity contribution in [2.75, 3.05) is 19.6 Å². The van der Waals surface area contributed by atoms with E-state index in [1.807, 2.05) is 13.8 Å². The minimum Gasteiger partial charge on any atom is -0.339 e. The molecule has 0 fully saturated rings. The Morgan fingerprint density at radius 1 is 1.44 bits per heavy atom. The van der Waals surface area contributed by atoms with Crippen molar-refractivity contribution in [2.45, 2.75) is 20.8 Å². The second-order valence-electron chi connectivity index (χ2n) is 4.70. The van der Waals surface area contributed by atoms with Crippen molar-refractivity contribution in [2.24, 2.45) is 11.7 Å². The zero-order valence-corrected chi connectivity index (χ0v) is 11.2. The van der Waals surface area contributed by atoms with E-state index >= 15 is 0 Å². The lowest BCUT2D eigenvalue weighted by molar-refractivity contribution is 0.0743. The number of aryl methyl sites for hydroxylation is 1. The first-order chi connectivity index (χ1) is 8.47. The second-order valence-corrected chi connectivity index (χ2v) is 4.70. The fraction of sp³-hybridized carbons (Fsp3) is 0.500. The summed E-state index contributed by atoms with van der Waals surface area (Å²) in [6, 6.07) is 4.40. The van der Waals surface area contributed by atoms with Crippen molar-refractivity contribution in [3.8, 4) is 0 Å². The molecule has 0 aliphatic carbocycles. The summed E-state index contributed by atoms with van der Waals surface area (Å²) in [7, 11) is 0. The standard InChI is InChI=1S/C14H21FN2O/c1-4-17(9-11(3)8-16)14(18)12-5-10(2)6-13(15)7-12/h5-7,11H,4,8-9,16H2,1-3H3. The molecule has 0 spiro atoms. The molecule has 1 rings (SSSR count). The maximum absolute atomic E-state index is 13.3. The van der Waals surface area contributed by atoms with E-state index in [1.54, 1.807) is 17.9 Å². The topological polar surface area (TPSA) is 46.3 Å². The molecular weight excluding hydrogens is 231 g/mol. The van der Waals surface area contributed by atoms with Crippen LogP contribution in [0.5, 0.6) is 0 Å². The minimum atomic E-state index is -0.374. The molecule has 2 N–H and O–H groups in total. The molecule has 1 aromatic carbocycles. The van der Waals surface area contributed by atoms with Crippen LogP contribution >= 0.6 is 0 Å². The van der Waals surface area contributed by atoms with Crippen LogP contribution in [-0.4, -0.2) is 30.4 Å². The van der Waals surface area contributed by atoms with E-state index < -0.39 is 0 Å². The van der Waals surface area contributed by atoms with Gasteiger partial charge in [0.25, 0.3) is 5.91 Å². The van der Waals surface area contributed by atoms with Crippen molar-refractivity contribution in [3.63, 3.8) is 0 Å². The minimum absolute atomic E-state index is 0.139. The van der Waals surface area contributed by atoms with Gasteiger partial charge in [0.15, 0.2) is 0 Å².